The van der Waals surface area contributed by atoms with Crippen molar-refractivity contribution in [3.8, 4) is 5.69 Å². The first-order chi connectivity index (χ1) is 15.7. The Morgan fingerprint density at radius 3 is 2.42 bits per heavy atom. The number of nitrogens with zero attached hydrogens (tertiary/aromatic N) is 3. The largest absolute Gasteiger partial charge is 0.383 e. The van der Waals surface area contributed by atoms with Crippen molar-refractivity contribution in [1.29, 1.82) is 0 Å². The second kappa shape index (κ2) is 8.96. The summed E-state index contributed by atoms with van der Waals surface area (Å²) in [4.78, 5) is 17.6. The van der Waals surface area contributed by atoms with Crippen molar-refractivity contribution in [3.63, 3.8) is 0 Å². The van der Waals surface area contributed by atoms with E-state index in [2.05, 4.69) is 4.98 Å². The van der Waals surface area contributed by atoms with E-state index in [1.807, 2.05) is 36.7 Å². The van der Waals surface area contributed by atoms with Crippen LogP contribution in [-0.4, -0.2) is 19.2 Å². The third-order valence-corrected chi connectivity index (χ3v) is 6.09. The van der Waals surface area contributed by atoms with Crippen LogP contribution in [-0.2, 0) is 0 Å². The van der Waals surface area contributed by atoms with Crippen molar-refractivity contribution >= 4 is 11.6 Å². The lowest BCUT2D eigenvalue weighted by Gasteiger charge is -2.20. The molecule has 0 fully saturated rings. The van der Waals surface area contributed by atoms with Crippen LogP contribution in [0.5, 0.6) is 0 Å². The molecule has 5 nitrogen and oxygen atoms in total. The van der Waals surface area contributed by atoms with Crippen molar-refractivity contribution in [2.45, 2.75) is 39.8 Å². The van der Waals surface area contributed by atoms with Crippen LogP contribution in [0.2, 0.25) is 5.02 Å². The maximum atomic E-state index is 14.6. The van der Waals surface area contributed by atoms with Gasteiger partial charge in [0.1, 0.15) is 11.9 Å². The second-order valence-electron chi connectivity index (χ2n) is 8.40. The Kier molecular flexibility index (Phi) is 6.23. The monoisotopic (exact) mass is 465 g/mol. The number of benzene rings is 2. The number of rotatable bonds is 5. The summed E-state index contributed by atoms with van der Waals surface area (Å²) in [6.07, 6.45) is 3.93. The Labute approximate surface area is 196 Å². The van der Waals surface area contributed by atoms with Gasteiger partial charge in [0.15, 0.2) is 0 Å². The van der Waals surface area contributed by atoms with E-state index < -0.39 is 23.5 Å². The van der Waals surface area contributed by atoms with Crippen LogP contribution in [0.15, 0.2) is 66.0 Å². The SMILES string of the molecule is Cc1ccc(C(C)n2cc(Cl)cc(C(O)c3ccc(-n4cnc(C)c4)c(C)c3)c2=O)c(F)c1. The molecular weight excluding hydrogens is 441 g/mol. The molecule has 2 heterocycles. The van der Waals surface area contributed by atoms with Crippen LogP contribution in [0.4, 0.5) is 4.39 Å². The molecule has 4 aromatic rings. The smallest absolute Gasteiger partial charge is 0.257 e. The molecule has 0 radical (unpaired) electrons. The third-order valence-electron chi connectivity index (χ3n) is 5.88. The van der Waals surface area contributed by atoms with Crippen LogP contribution in [0.1, 0.15) is 52.6 Å². The molecule has 7 heteroatoms. The van der Waals surface area contributed by atoms with Gasteiger partial charge in [-0.05, 0) is 62.6 Å². The molecule has 33 heavy (non-hydrogen) atoms. The standard InChI is InChI=1S/C26H25ClFN3O2/c1-15-5-7-21(23(28)9-15)18(4)31-13-20(27)11-22(26(31)33)25(32)19-6-8-24(16(2)10-19)30-12-17(3)29-14-30/h5-14,18,25,32H,1-4H3. The predicted molar refractivity (Wildman–Crippen MR) is 128 cm³/mol. The van der Waals surface area contributed by atoms with Crippen LogP contribution >= 0.6 is 11.6 Å². The maximum absolute atomic E-state index is 14.6. The van der Waals surface area contributed by atoms with Gasteiger partial charge in [-0.3, -0.25) is 4.79 Å². The molecule has 0 saturated heterocycles. The highest BCUT2D eigenvalue weighted by molar-refractivity contribution is 6.30. The first kappa shape index (κ1) is 23.0. The third kappa shape index (κ3) is 4.49. The summed E-state index contributed by atoms with van der Waals surface area (Å²) in [7, 11) is 0. The fourth-order valence-electron chi connectivity index (χ4n) is 4.06. The van der Waals surface area contributed by atoms with Crippen LogP contribution in [0.25, 0.3) is 5.69 Å². The first-order valence-corrected chi connectivity index (χ1v) is 11.0. The van der Waals surface area contributed by atoms with Gasteiger partial charge in [-0.1, -0.05) is 35.9 Å². The molecule has 2 atom stereocenters. The van der Waals surface area contributed by atoms with Crippen molar-refractivity contribution in [1.82, 2.24) is 14.1 Å². The lowest BCUT2D eigenvalue weighted by molar-refractivity contribution is 0.217. The molecule has 0 aliphatic heterocycles. The molecule has 0 saturated carbocycles. The molecule has 1 N–H and O–H groups in total. The lowest BCUT2D eigenvalue weighted by Crippen LogP contribution is -2.28. The minimum Gasteiger partial charge on any atom is -0.383 e. The first-order valence-electron chi connectivity index (χ1n) is 10.6. The number of hydrogen-bond donors (Lipinski definition) is 1. The number of aliphatic hydroxyl groups is 1. The fraction of sp³-hybridized carbons (Fsp3) is 0.231. The number of aromatic nitrogens is 3. The highest BCUT2D eigenvalue weighted by Gasteiger charge is 2.21. The maximum Gasteiger partial charge on any atom is 0.257 e. The molecule has 4 rings (SSSR count). The summed E-state index contributed by atoms with van der Waals surface area (Å²) in [5.41, 5.74) is 4.19. The summed E-state index contributed by atoms with van der Waals surface area (Å²) in [6, 6.07) is 11.2. The molecule has 2 aromatic carbocycles. The van der Waals surface area contributed by atoms with Crippen molar-refractivity contribution in [2.24, 2.45) is 0 Å². The Morgan fingerprint density at radius 1 is 1.03 bits per heavy atom. The van der Waals surface area contributed by atoms with Gasteiger partial charge in [0.25, 0.3) is 5.56 Å². The molecular formula is C26H25ClFN3O2. The molecule has 170 valence electrons. The second-order valence-corrected chi connectivity index (χ2v) is 8.83. The number of pyridine rings is 1. The number of aryl methyl sites for hydroxylation is 3. The molecule has 0 spiro atoms. The summed E-state index contributed by atoms with van der Waals surface area (Å²) in [5, 5.41) is 11.4. The number of aliphatic hydroxyl groups excluding tert-OH is 1. The highest BCUT2D eigenvalue weighted by atomic mass is 35.5. The van der Waals surface area contributed by atoms with Gasteiger partial charge in [0, 0.05) is 23.6 Å². The molecule has 0 bridgehead atoms. The van der Waals surface area contributed by atoms with Gasteiger partial charge in [-0.2, -0.15) is 0 Å². The van der Waals surface area contributed by atoms with E-state index in [1.165, 1.54) is 22.9 Å². The summed E-state index contributed by atoms with van der Waals surface area (Å²) >= 11 is 6.31. The Balaban J connectivity index is 1.73. The minimum absolute atomic E-state index is 0.132. The molecule has 0 aliphatic rings. The zero-order valence-electron chi connectivity index (χ0n) is 18.9. The number of halogens is 2. The van der Waals surface area contributed by atoms with Gasteiger partial charge in [0.05, 0.1) is 28.6 Å². The summed E-state index contributed by atoms with van der Waals surface area (Å²) in [6.45, 7) is 7.38. The van der Waals surface area contributed by atoms with Crippen molar-refractivity contribution < 1.29 is 9.50 Å². The topological polar surface area (TPSA) is 60.1 Å². The Hall–Kier alpha value is -3.22. The van der Waals surface area contributed by atoms with Crippen molar-refractivity contribution in [3.05, 3.63) is 116 Å². The predicted octanol–water partition coefficient (Wildman–Crippen LogP) is 5.44. The van der Waals surface area contributed by atoms with E-state index in [0.29, 0.717) is 11.1 Å². The van der Waals surface area contributed by atoms with E-state index >= 15 is 0 Å². The van der Waals surface area contributed by atoms with Gasteiger partial charge in [-0.15, -0.1) is 0 Å². The number of hydrogen-bond acceptors (Lipinski definition) is 3. The average Bonchev–Trinajstić information content (AvgIpc) is 3.20. The molecule has 2 unspecified atom stereocenters. The van der Waals surface area contributed by atoms with Gasteiger partial charge in [-0.25, -0.2) is 9.37 Å². The average molecular weight is 466 g/mol. The van der Waals surface area contributed by atoms with E-state index in [0.717, 1.165) is 22.5 Å². The quantitative estimate of drug-likeness (QED) is 0.426. The van der Waals surface area contributed by atoms with Crippen molar-refractivity contribution in [2.75, 3.05) is 0 Å². The minimum atomic E-state index is -1.19. The van der Waals surface area contributed by atoms with E-state index in [4.69, 9.17) is 11.6 Å². The summed E-state index contributed by atoms with van der Waals surface area (Å²) < 4.78 is 17.8. The van der Waals surface area contributed by atoms with E-state index in [1.54, 1.807) is 38.4 Å². The molecule has 0 amide bonds. The van der Waals surface area contributed by atoms with Crippen LogP contribution < -0.4 is 5.56 Å². The van der Waals surface area contributed by atoms with E-state index in [-0.39, 0.29) is 10.6 Å². The summed E-state index contributed by atoms with van der Waals surface area (Å²) in [5.74, 6) is -0.391. The highest BCUT2D eigenvalue weighted by Crippen LogP contribution is 2.27. The zero-order valence-corrected chi connectivity index (χ0v) is 19.6. The fourth-order valence-corrected chi connectivity index (χ4v) is 4.29. The van der Waals surface area contributed by atoms with Gasteiger partial charge < -0.3 is 14.2 Å². The Bertz CT molecular complexity index is 1390. The lowest BCUT2D eigenvalue weighted by atomic mass is 9.99. The molecule has 0 aliphatic carbocycles. The van der Waals surface area contributed by atoms with E-state index in [9.17, 15) is 14.3 Å². The van der Waals surface area contributed by atoms with Gasteiger partial charge in [0.2, 0.25) is 0 Å². The Morgan fingerprint density at radius 2 is 1.79 bits per heavy atom. The number of imidazole rings is 1. The van der Waals surface area contributed by atoms with Crippen LogP contribution in [0, 0.1) is 26.6 Å². The zero-order chi connectivity index (χ0) is 23.9. The normalized spacial score (nSPS) is 13.2. The molecule has 2 aromatic heterocycles. The van der Waals surface area contributed by atoms with Crippen LogP contribution in [0.3, 0.4) is 0 Å². The van der Waals surface area contributed by atoms with Gasteiger partial charge >= 0.3 is 0 Å².